The van der Waals surface area contributed by atoms with E-state index in [9.17, 15) is 19.8 Å². The molecule has 0 aromatic rings. The summed E-state index contributed by atoms with van der Waals surface area (Å²) >= 11 is 0. The molecule has 0 saturated heterocycles. The zero-order chi connectivity index (χ0) is 20.1. The predicted molar refractivity (Wildman–Crippen MR) is 101 cm³/mol. The highest BCUT2D eigenvalue weighted by Gasteiger charge is 2.60. The van der Waals surface area contributed by atoms with Crippen LogP contribution in [0, 0.1) is 0 Å². The van der Waals surface area contributed by atoms with E-state index in [0.717, 1.165) is 12.8 Å². The first-order valence-electron chi connectivity index (χ1n) is 10.1. The zero-order valence-corrected chi connectivity index (χ0v) is 17.0. The van der Waals surface area contributed by atoms with Gasteiger partial charge in [-0.3, -0.25) is 0 Å². The van der Waals surface area contributed by atoms with E-state index in [1.165, 1.54) is 0 Å². The number of ether oxygens (including phenoxy) is 2. The Morgan fingerprint density at radius 1 is 0.654 bits per heavy atom. The van der Waals surface area contributed by atoms with Crippen LogP contribution < -0.4 is 0 Å². The highest BCUT2D eigenvalue weighted by molar-refractivity contribution is 5.92. The maximum absolute atomic E-state index is 12.6. The van der Waals surface area contributed by atoms with Gasteiger partial charge in [0.1, 0.15) is 0 Å². The first kappa shape index (κ1) is 24.9. The second-order valence-electron chi connectivity index (χ2n) is 6.91. The lowest BCUT2D eigenvalue weighted by Gasteiger charge is -2.39. The van der Waals surface area contributed by atoms with E-state index < -0.39 is 23.1 Å². The van der Waals surface area contributed by atoms with Crippen molar-refractivity contribution in [3.63, 3.8) is 0 Å². The summed E-state index contributed by atoms with van der Waals surface area (Å²) in [7, 11) is 0. The zero-order valence-electron chi connectivity index (χ0n) is 17.0. The van der Waals surface area contributed by atoms with Gasteiger partial charge in [-0.15, -0.1) is 0 Å². The third kappa shape index (κ3) is 6.88. The van der Waals surface area contributed by atoms with Gasteiger partial charge in [0.15, 0.2) is 0 Å². The average molecular weight is 375 g/mol. The standard InChI is InChI=1S/C20H38O6/c1-5-9-13-19(23,17(21)25-15-11-7-3)20(24,14-10-6-2)18(22)26-16-12-8-4/h23-24H,5-16H2,1-4H3. The Bertz CT molecular complexity index is 373. The van der Waals surface area contributed by atoms with Gasteiger partial charge in [0.2, 0.25) is 11.2 Å². The lowest BCUT2D eigenvalue weighted by Crippen LogP contribution is -2.64. The summed E-state index contributed by atoms with van der Waals surface area (Å²) in [4.78, 5) is 25.3. The van der Waals surface area contributed by atoms with Crippen molar-refractivity contribution in [2.45, 2.75) is 103 Å². The minimum atomic E-state index is -2.30. The van der Waals surface area contributed by atoms with Crippen molar-refractivity contribution in [1.82, 2.24) is 0 Å². The fourth-order valence-electron chi connectivity index (χ4n) is 2.68. The van der Waals surface area contributed by atoms with Crippen LogP contribution in [0.1, 0.15) is 91.9 Å². The molecule has 2 N–H and O–H groups in total. The molecule has 6 heteroatoms. The van der Waals surface area contributed by atoms with E-state index in [1.54, 1.807) is 0 Å². The van der Waals surface area contributed by atoms with Gasteiger partial charge in [-0.05, 0) is 25.7 Å². The van der Waals surface area contributed by atoms with Gasteiger partial charge in [0.25, 0.3) is 0 Å². The van der Waals surface area contributed by atoms with Gasteiger partial charge < -0.3 is 19.7 Å². The van der Waals surface area contributed by atoms with Crippen LogP contribution >= 0.6 is 0 Å². The van der Waals surface area contributed by atoms with E-state index in [2.05, 4.69) is 0 Å². The molecule has 0 bridgehead atoms. The second kappa shape index (κ2) is 13.1. The molecule has 0 aliphatic heterocycles. The van der Waals surface area contributed by atoms with Crippen LogP contribution in [0.25, 0.3) is 0 Å². The molecular formula is C20H38O6. The quantitative estimate of drug-likeness (QED) is 0.336. The lowest BCUT2D eigenvalue weighted by molar-refractivity contribution is -0.217. The van der Waals surface area contributed by atoms with Crippen molar-refractivity contribution in [1.29, 1.82) is 0 Å². The number of carbonyl (C=O) groups excluding carboxylic acids is 2. The second-order valence-corrected chi connectivity index (χ2v) is 6.91. The Morgan fingerprint density at radius 3 is 1.23 bits per heavy atom. The van der Waals surface area contributed by atoms with Crippen molar-refractivity contribution in [3.05, 3.63) is 0 Å². The van der Waals surface area contributed by atoms with Crippen LogP contribution in [0.4, 0.5) is 0 Å². The fourth-order valence-corrected chi connectivity index (χ4v) is 2.68. The van der Waals surface area contributed by atoms with Crippen LogP contribution in [0.2, 0.25) is 0 Å². The Labute approximate surface area is 158 Å². The number of unbranched alkanes of at least 4 members (excludes halogenated alkanes) is 4. The van der Waals surface area contributed by atoms with Gasteiger partial charge in [-0.1, -0.05) is 66.2 Å². The van der Waals surface area contributed by atoms with Gasteiger partial charge in [-0.25, -0.2) is 9.59 Å². The van der Waals surface area contributed by atoms with E-state index >= 15 is 0 Å². The van der Waals surface area contributed by atoms with Crippen LogP contribution in [0.3, 0.4) is 0 Å². The summed E-state index contributed by atoms with van der Waals surface area (Å²) < 4.78 is 10.4. The molecule has 0 amide bonds. The molecule has 0 aliphatic carbocycles. The number of hydrogen-bond acceptors (Lipinski definition) is 6. The molecule has 2 atom stereocenters. The monoisotopic (exact) mass is 374 g/mol. The molecule has 6 nitrogen and oxygen atoms in total. The molecule has 154 valence electrons. The van der Waals surface area contributed by atoms with E-state index in [1.807, 2.05) is 27.7 Å². The normalized spacial score (nSPS) is 15.8. The largest absolute Gasteiger partial charge is 0.463 e. The first-order valence-corrected chi connectivity index (χ1v) is 10.1. The summed E-state index contributed by atoms with van der Waals surface area (Å²) in [5.41, 5.74) is -4.59. The summed E-state index contributed by atoms with van der Waals surface area (Å²) in [5.74, 6) is -1.88. The molecule has 2 unspecified atom stereocenters. The summed E-state index contributed by atoms with van der Waals surface area (Å²) in [5, 5.41) is 22.3. The molecule has 0 aliphatic rings. The van der Waals surface area contributed by atoms with Crippen LogP contribution in [0.15, 0.2) is 0 Å². The molecule has 0 spiro atoms. The molecular weight excluding hydrogens is 336 g/mol. The highest BCUT2D eigenvalue weighted by Crippen LogP contribution is 2.35. The third-order valence-electron chi connectivity index (χ3n) is 4.61. The molecule has 0 aromatic carbocycles. The van der Waals surface area contributed by atoms with Gasteiger partial charge in [-0.2, -0.15) is 0 Å². The van der Waals surface area contributed by atoms with Crippen molar-refractivity contribution < 1.29 is 29.3 Å². The van der Waals surface area contributed by atoms with E-state index in [4.69, 9.17) is 9.47 Å². The lowest BCUT2D eigenvalue weighted by atomic mass is 9.75. The van der Waals surface area contributed by atoms with Crippen molar-refractivity contribution >= 4 is 11.9 Å². The first-order chi connectivity index (χ1) is 12.3. The SMILES string of the molecule is CCCCOC(=O)C(O)(CCCC)C(O)(CCCC)C(=O)OCCCC. The average Bonchev–Trinajstić information content (AvgIpc) is 2.64. The van der Waals surface area contributed by atoms with Crippen LogP contribution in [-0.2, 0) is 19.1 Å². The molecule has 0 rings (SSSR count). The van der Waals surface area contributed by atoms with Gasteiger partial charge in [0, 0.05) is 0 Å². The highest BCUT2D eigenvalue weighted by atomic mass is 16.6. The predicted octanol–water partition coefficient (Wildman–Crippen LogP) is 3.52. The number of rotatable bonds is 15. The van der Waals surface area contributed by atoms with Gasteiger partial charge >= 0.3 is 11.9 Å². The van der Waals surface area contributed by atoms with Crippen molar-refractivity contribution in [3.8, 4) is 0 Å². The van der Waals surface area contributed by atoms with Gasteiger partial charge in [0.05, 0.1) is 13.2 Å². The minimum Gasteiger partial charge on any atom is -0.463 e. The summed E-state index contributed by atoms with van der Waals surface area (Å²) in [6, 6.07) is 0. The van der Waals surface area contributed by atoms with E-state index in [0.29, 0.717) is 38.5 Å². The third-order valence-corrected chi connectivity index (χ3v) is 4.61. The molecule has 0 aromatic heterocycles. The topological polar surface area (TPSA) is 93.1 Å². The maximum Gasteiger partial charge on any atom is 0.341 e. The number of hydrogen-bond donors (Lipinski definition) is 2. The summed E-state index contributed by atoms with van der Waals surface area (Å²) in [6.45, 7) is 8.04. The smallest absolute Gasteiger partial charge is 0.341 e. The number of carbonyl (C=O) groups is 2. The van der Waals surface area contributed by atoms with Crippen LogP contribution in [0.5, 0.6) is 0 Å². The Balaban J connectivity index is 5.60. The maximum atomic E-state index is 12.6. The van der Waals surface area contributed by atoms with Crippen molar-refractivity contribution in [2.24, 2.45) is 0 Å². The molecule has 0 heterocycles. The molecule has 0 radical (unpaired) electrons. The Morgan fingerprint density at radius 2 is 0.962 bits per heavy atom. The van der Waals surface area contributed by atoms with E-state index in [-0.39, 0.29) is 26.1 Å². The number of aliphatic hydroxyl groups is 2. The van der Waals surface area contributed by atoms with Crippen molar-refractivity contribution in [2.75, 3.05) is 13.2 Å². The minimum absolute atomic E-state index is 0.0441. The fraction of sp³-hybridized carbons (Fsp3) is 0.900. The Kier molecular flexibility index (Phi) is 12.5. The molecule has 0 fully saturated rings. The molecule has 26 heavy (non-hydrogen) atoms. The molecule has 0 saturated carbocycles. The number of esters is 2. The Hall–Kier alpha value is -1.14. The summed E-state index contributed by atoms with van der Waals surface area (Å²) in [6.07, 6.45) is 5.27. The van der Waals surface area contributed by atoms with Crippen LogP contribution in [-0.4, -0.2) is 46.6 Å².